The molecule has 0 fully saturated rings. The van der Waals surface area contributed by atoms with E-state index in [0.717, 1.165) is 11.4 Å². The lowest BCUT2D eigenvalue weighted by atomic mass is 10.0. The van der Waals surface area contributed by atoms with E-state index in [2.05, 4.69) is 4.98 Å². The lowest BCUT2D eigenvalue weighted by molar-refractivity contribution is 0.103. The third-order valence-electron chi connectivity index (χ3n) is 2.96. The van der Waals surface area contributed by atoms with E-state index in [-0.39, 0.29) is 5.78 Å². The van der Waals surface area contributed by atoms with Crippen molar-refractivity contribution in [2.45, 2.75) is 13.8 Å². The largest absolute Gasteiger partial charge is 0.497 e. The van der Waals surface area contributed by atoms with Gasteiger partial charge in [-0.25, -0.2) is 0 Å². The molecule has 0 radical (unpaired) electrons. The molecule has 0 aliphatic rings. The van der Waals surface area contributed by atoms with Crippen molar-refractivity contribution in [2.24, 2.45) is 0 Å². The summed E-state index contributed by atoms with van der Waals surface area (Å²) in [7, 11) is 3.12. The average molecular weight is 271 g/mol. The first kappa shape index (κ1) is 14.1. The van der Waals surface area contributed by atoms with E-state index >= 15 is 0 Å². The van der Waals surface area contributed by atoms with Crippen molar-refractivity contribution >= 4 is 5.78 Å². The van der Waals surface area contributed by atoms with Gasteiger partial charge < -0.3 is 9.47 Å². The van der Waals surface area contributed by atoms with Crippen LogP contribution in [0.2, 0.25) is 0 Å². The molecule has 4 nitrogen and oxygen atoms in total. The van der Waals surface area contributed by atoms with Gasteiger partial charge in [-0.2, -0.15) is 0 Å². The van der Waals surface area contributed by atoms with Crippen LogP contribution in [0.3, 0.4) is 0 Å². The van der Waals surface area contributed by atoms with Crippen LogP contribution in [0.5, 0.6) is 11.5 Å². The van der Waals surface area contributed by atoms with Crippen LogP contribution in [0.4, 0.5) is 0 Å². The van der Waals surface area contributed by atoms with Gasteiger partial charge in [0, 0.05) is 28.6 Å². The first-order valence-electron chi connectivity index (χ1n) is 6.26. The molecule has 1 heterocycles. The molecule has 1 aromatic carbocycles. The Hall–Kier alpha value is -2.36. The van der Waals surface area contributed by atoms with Crippen LogP contribution in [-0.4, -0.2) is 25.0 Å². The second-order valence-electron chi connectivity index (χ2n) is 4.57. The highest BCUT2D eigenvalue weighted by Crippen LogP contribution is 2.24. The highest BCUT2D eigenvalue weighted by molar-refractivity contribution is 6.09. The molecule has 1 aromatic heterocycles. The molecule has 104 valence electrons. The van der Waals surface area contributed by atoms with E-state index < -0.39 is 0 Å². The maximum Gasteiger partial charge on any atom is 0.193 e. The van der Waals surface area contributed by atoms with Crippen LogP contribution < -0.4 is 9.47 Å². The van der Waals surface area contributed by atoms with Crippen LogP contribution in [0, 0.1) is 13.8 Å². The van der Waals surface area contributed by atoms with Crippen molar-refractivity contribution in [3.05, 3.63) is 52.8 Å². The molecule has 0 bridgehead atoms. The fraction of sp³-hybridized carbons (Fsp3) is 0.250. The zero-order chi connectivity index (χ0) is 14.7. The van der Waals surface area contributed by atoms with Gasteiger partial charge in [-0.15, -0.1) is 0 Å². The fourth-order valence-electron chi connectivity index (χ4n) is 2.07. The number of methoxy groups -OCH3 is 2. The lowest BCUT2D eigenvalue weighted by Gasteiger charge is -2.08. The van der Waals surface area contributed by atoms with E-state index in [1.165, 1.54) is 0 Å². The van der Waals surface area contributed by atoms with Crippen molar-refractivity contribution in [3.63, 3.8) is 0 Å². The van der Waals surface area contributed by atoms with Crippen molar-refractivity contribution < 1.29 is 14.3 Å². The maximum absolute atomic E-state index is 12.5. The summed E-state index contributed by atoms with van der Waals surface area (Å²) in [5, 5.41) is 0. The summed E-state index contributed by atoms with van der Waals surface area (Å²) in [6.07, 6.45) is 0. The zero-order valence-corrected chi connectivity index (χ0v) is 12.1. The Labute approximate surface area is 118 Å². The molecule has 0 spiro atoms. The molecule has 20 heavy (non-hydrogen) atoms. The van der Waals surface area contributed by atoms with Crippen LogP contribution in [0.15, 0.2) is 30.3 Å². The topological polar surface area (TPSA) is 48.4 Å². The predicted molar refractivity (Wildman–Crippen MR) is 76.7 cm³/mol. The van der Waals surface area contributed by atoms with Gasteiger partial charge >= 0.3 is 0 Å². The quantitative estimate of drug-likeness (QED) is 0.802. The molecule has 0 amide bonds. The Kier molecular flexibility index (Phi) is 4.03. The van der Waals surface area contributed by atoms with Crippen LogP contribution in [-0.2, 0) is 0 Å². The summed E-state index contributed by atoms with van der Waals surface area (Å²) < 4.78 is 10.4. The molecule has 0 aliphatic carbocycles. The predicted octanol–water partition coefficient (Wildman–Crippen LogP) is 2.95. The summed E-state index contributed by atoms with van der Waals surface area (Å²) >= 11 is 0. The van der Waals surface area contributed by atoms with Crippen molar-refractivity contribution in [1.29, 1.82) is 0 Å². The third kappa shape index (κ3) is 2.96. The Bertz CT molecular complexity index is 608. The van der Waals surface area contributed by atoms with E-state index in [0.29, 0.717) is 22.6 Å². The Morgan fingerprint density at radius 3 is 1.75 bits per heavy atom. The number of carbonyl (C=O) groups excluding carboxylic acids is 1. The van der Waals surface area contributed by atoms with E-state index in [4.69, 9.17) is 9.47 Å². The number of rotatable bonds is 4. The Balaban J connectivity index is 2.47. The van der Waals surface area contributed by atoms with E-state index in [1.54, 1.807) is 44.6 Å². The highest BCUT2D eigenvalue weighted by atomic mass is 16.5. The van der Waals surface area contributed by atoms with Crippen LogP contribution >= 0.6 is 0 Å². The van der Waals surface area contributed by atoms with E-state index in [1.807, 2.05) is 13.8 Å². The number of hydrogen-bond acceptors (Lipinski definition) is 4. The standard InChI is InChI=1S/C16H17NO3/c1-10-5-12(6-11(2)17-10)16(18)13-7-14(19-3)9-15(8-13)20-4/h5-9H,1-4H3. The van der Waals surface area contributed by atoms with Gasteiger partial charge in [0.05, 0.1) is 14.2 Å². The van der Waals surface area contributed by atoms with Gasteiger partial charge in [-0.1, -0.05) is 0 Å². The molecular formula is C16H17NO3. The summed E-state index contributed by atoms with van der Waals surface area (Å²) in [5.74, 6) is 1.11. The number of pyridine rings is 1. The van der Waals surface area contributed by atoms with Gasteiger partial charge in [0.25, 0.3) is 0 Å². The first-order chi connectivity index (χ1) is 9.53. The van der Waals surface area contributed by atoms with Crippen LogP contribution in [0.25, 0.3) is 0 Å². The first-order valence-corrected chi connectivity index (χ1v) is 6.26. The number of ketones is 1. The second kappa shape index (κ2) is 5.74. The average Bonchev–Trinajstić information content (AvgIpc) is 2.44. The molecule has 0 N–H and O–H groups in total. The number of aromatic nitrogens is 1. The SMILES string of the molecule is COc1cc(OC)cc(C(=O)c2cc(C)nc(C)c2)c1. The molecule has 0 saturated heterocycles. The Morgan fingerprint density at radius 2 is 1.30 bits per heavy atom. The fourth-order valence-corrected chi connectivity index (χ4v) is 2.07. The molecule has 0 saturated carbocycles. The number of nitrogens with zero attached hydrogens (tertiary/aromatic N) is 1. The maximum atomic E-state index is 12.5. The number of carbonyl (C=O) groups is 1. The Morgan fingerprint density at radius 1 is 0.850 bits per heavy atom. The normalized spacial score (nSPS) is 10.2. The summed E-state index contributed by atoms with van der Waals surface area (Å²) in [6, 6.07) is 8.70. The summed E-state index contributed by atoms with van der Waals surface area (Å²) in [4.78, 5) is 16.8. The zero-order valence-electron chi connectivity index (χ0n) is 12.1. The molecule has 0 aliphatic heterocycles. The number of ether oxygens (including phenoxy) is 2. The molecule has 2 rings (SSSR count). The van der Waals surface area contributed by atoms with Gasteiger partial charge in [-0.05, 0) is 38.1 Å². The monoisotopic (exact) mass is 271 g/mol. The number of benzene rings is 1. The highest BCUT2D eigenvalue weighted by Gasteiger charge is 2.13. The van der Waals surface area contributed by atoms with Gasteiger partial charge in [0.15, 0.2) is 5.78 Å². The van der Waals surface area contributed by atoms with Gasteiger partial charge in [-0.3, -0.25) is 9.78 Å². The number of hydrogen-bond donors (Lipinski definition) is 0. The molecule has 0 unspecified atom stereocenters. The minimum absolute atomic E-state index is 0.0733. The van der Waals surface area contributed by atoms with Crippen molar-refractivity contribution in [2.75, 3.05) is 14.2 Å². The smallest absolute Gasteiger partial charge is 0.193 e. The lowest BCUT2D eigenvalue weighted by Crippen LogP contribution is -2.04. The minimum Gasteiger partial charge on any atom is -0.497 e. The van der Waals surface area contributed by atoms with Crippen LogP contribution in [0.1, 0.15) is 27.3 Å². The van der Waals surface area contributed by atoms with Crippen molar-refractivity contribution in [3.8, 4) is 11.5 Å². The number of aryl methyl sites for hydroxylation is 2. The van der Waals surface area contributed by atoms with E-state index in [9.17, 15) is 4.79 Å². The third-order valence-corrected chi connectivity index (χ3v) is 2.96. The molecule has 2 aromatic rings. The van der Waals surface area contributed by atoms with Crippen molar-refractivity contribution in [1.82, 2.24) is 4.98 Å². The summed E-state index contributed by atoms with van der Waals surface area (Å²) in [5.41, 5.74) is 2.79. The second-order valence-corrected chi connectivity index (χ2v) is 4.57. The molecular weight excluding hydrogens is 254 g/mol. The van der Waals surface area contributed by atoms with Gasteiger partial charge in [0.2, 0.25) is 0 Å². The summed E-state index contributed by atoms with van der Waals surface area (Å²) in [6.45, 7) is 3.74. The van der Waals surface area contributed by atoms with Gasteiger partial charge in [0.1, 0.15) is 11.5 Å². The minimum atomic E-state index is -0.0733. The molecule has 0 atom stereocenters. The molecule has 4 heteroatoms.